The van der Waals surface area contributed by atoms with Crippen molar-refractivity contribution in [1.29, 1.82) is 0 Å². The van der Waals surface area contributed by atoms with Gasteiger partial charge in [-0.1, -0.05) is 23.7 Å². The first-order valence-electron chi connectivity index (χ1n) is 4.22. The summed E-state index contributed by atoms with van der Waals surface area (Å²) < 4.78 is 0. The molecule has 78 valence electrons. The van der Waals surface area contributed by atoms with E-state index in [2.05, 4.69) is 0 Å². The van der Waals surface area contributed by atoms with Crippen LogP contribution < -0.4 is 0 Å². The van der Waals surface area contributed by atoms with Gasteiger partial charge in [-0.3, -0.25) is 4.79 Å². The van der Waals surface area contributed by atoms with E-state index < -0.39 is 11.8 Å². The molecule has 0 unspecified atom stereocenters. The molecule has 0 atom stereocenters. The Morgan fingerprint density at radius 3 is 2.53 bits per heavy atom. The molecule has 0 aliphatic carbocycles. The molecule has 0 aromatic heterocycles. The van der Waals surface area contributed by atoms with Gasteiger partial charge in [0.1, 0.15) is 5.57 Å². The Labute approximate surface area is 92.0 Å². The van der Waals surface area contributed by atoms with Gasteiger partial charge in [0.15, 0.2) is 5.78 Å². The molecule has 0 amide bonds. The van der Waals surface area contributed by atoms with E-state index in [1.54, 1.807) is 24.3 Å². The Morgan fingerprint density at radius 1 is 1.40 bits per heavy atom. The number of carboxylic acids is 1. The normalized spacial score (nSPS) is 11.2. The number of aliphatic carboxylic acids is 1. The van der Waals surface area contributed by atoms with Crippen LogP contribution in [-0.2, 0) is 9.59 Å². The average molecular weight is 225 g/mol. The van der Waals surface area contributed by atoms with Crippen molar-refractivity contribution >= 4 is 29.4 Å². The lowest BCUT2D eigenvalue weighted by Gasteiger charge is -1.98. The van der Waals surface area contributed by atoms with E-state index in [9.17, 15) is 9.59 Å². The van der Waals surface area contributed by atoms with E-state index in [-0.39, 0.29) is 5.57 Å². The molecule has 0 saturated heterocycles. The molecular weight excluding hydrogens is 216 g/mol. The van der Waals surface area contributed by atoms with E-state index in [1.165, 1.54) is 13.0 Å². The highest BCUT2D eigenvalue weighted by Gasteiger charge is 2.12. The van der Waals surface area contributed by atoms with Crippen LogP contribution in [0.5, 0.6) is 0 Å². The van der Waals surface area contributed by atoms with Gasteiger partial charge < -0.3 is 5.11 Å². The first kappa shape index (κ1) is 11.5. The summed E-state index contributed by atoms with van der Waals surface area (Å²) in [4.78, 5) is 21.7. The lowest BCUT2D eigenvalue weighted by Crippen LogP contribution is -2.08. The van der Waals surface area contributed by atoms with Crippen LogP contribution >= 0.6 is 11.6 Å². The fourth-order valence-electron chi connectivity index (χ4n) is 1.08. The summed E-state index contributed by atoms with van der Waals surface area (Å²) in [6.07, 6.45) is 1.30. The molecule has 1 aromatic rings. The topological polar surface area (TPSA) is 54.4 Å². The zero-order chi connectivity index (χ0) is 11.4. The number of Topliss-reactive ketones (excluding diaryl/α,β-unsaturated/α-hetero) is 1. The Hall–Kier alpha value is -1.61. The summed E-state index contributed by atoms with van der Waals surface area (Å²) in [7, 11) is 0. The first-order valence-corrected chi connectivity index (χ1v) is 4.60. The average Bonchev–Trinajstić information content (AvgIpc) is 2.13. The summed E-state index contributed by atoms with van der Waals surface area (Å²) in [5.41, 5.74) is 0.340. The summed E-state index contributed by atoms with van der Waals surface area (Å²) in [5, 5.41) is 9.25. The second-order valence-corrected chi connectivity index (χ2v) is 3.41. The van der Waals surface area contributed by atoms with Crippen molar-refractivity contribution in [3.8, 4) is 0 Å². The summed E-state index contributed by atoms with van der Waals surface area (Å²) in [6.45, 7) is 1.21. The zero-order valence-electron chi connectivity index (χ0n) is 8.03. The molecule has 4 heteroatoms. The van der Waals surface area contributed by atoms with Gasteiger partial charge in [-0.25, -0.2) is 4.79 Å². The predicted octanol–water partition coefficient (Wildman–Crippen LogP) is 2.40. The molecule has 0 aliphatic rings. The molecule has 15 heavy (non-hydrogen) atoms. The van der Waals surface area contributed by atoms with Crippen molar-refractivity contribution in [1.82, 2.24) is 0 Å². The minimum Gasteiger partial charge on any atom is -0.478 e. The molecule has 0 heterocycles. The van der Waals surface area contributed by atoms with Crippen LogP contribution in [0.1, 0.15) is 12.5 Å². The van der Waals surface area contributed by atoms with Crippen LogP contribution in [0.2, 0.25) is 5.02 Å². The second kappa shape index (κ2) is 4.75. The van der Waals surface area contributed by atoms with E-state index in [4.69, 9.17) is 16.7 Å². The molecule has 0 radical (unpaired) electrons. The van der Waals surface area contributed by atoms with Gasteiger partial charge >= 0.3 is 5.97 Å². The minimum atomic E-state index is -1.23. The largest absolute Gasteiger partial charge is 0.478 e. The number of hydrogen-bond donors (Lipinski definition) is 1. The number of rotatable bonds is 3. The summed E-state index contributed by atoms with van der Waals surface area (Å²) in [5.74, 6) is -1.72. The Kier molecular flexibility index (Phi) is 3.63. The zero-order valence-corrected chi connectivity index (χ0v) is 8.78. The number of benzene rings is 1. The second-order valence-electron chi connectivity index (χ2n) is 2.97. The number of halogens is 1. The van der Waals surface area contributed by atoms with E-state index >= 15 is 0 Å². The highest BCUT2D eigenvalue weighted by atomic mass is 35.5. The van der Waals surface area contributed by atoms with Gasteiger partial charge in [-0.15, -0.1) is 0 Å². The van der Waals surface area contributed by atoms with Crippen molar-refractivity contribution in [3.05, 3.63) is 40.4 Å². The van der Waals surface area contributed by atoms with E-state index in [0.717, 1.165) is 0 Å². The maximum absolute atomic E-state index is 11.0. The van der Waals surface area contributed by atoms with Gasteiger partial charge in [0.05, 0.1) is 0 Å². The van der Waals surface area contributed by atoms with Crippen molar-refractivity contribution in [3.63, 3.8) is 0 Å². The van der Waals surface area contributed by atoms with Crippen molar-refractivity contribution in [2.24, 2.45) is 0 Å². The van der Waals surface area contributed by atoms with Gasteiger partial charge in [-0.05, 0) is 30.7 Å². The number of ketones is 1. The first-order chi connectivity index (χ1) is 7.00. The quantitative estimate of drug-likeness (QED) is 0.487. The van der Waals surface area contributed by atoms with Crippen LogP contribution in [0.15, 0.2) is 29.8 Å². The maximum Gasteiger partial charge on any atom is 0.339 e. The monoisotopic (exact) mass is 224 g/mol. The molecule has 0 saturated carbocycles. The lowest BCUT2D eigenvalue weighted by molar-refractivity contribution is -0.134. The molecule has 0 aliphatic heterocycles. The van der Waals surface area contributed by atoms with Crippen LogP contribution in [0, 0.1) is 0 Å². The van der Waals surface area contributed by atoms with Gasteiger partial charge in [0.2, 0.25) is 0 Å². The number of hydrogen-bond acceptors (Lipinski definition) is 2. The molecule has 3 nitrogen and oxygen atoms in total. The number of carboxylic acid groups (broad SMARTS) is 1. The third-order valence-corrected chi connectivity index (χ3v) is 2.00. The van der Waals surface area contributed by atoms with Crippen LogP contribution in [0.4, 0.5) is 0 Å². The fourth-order valence-corrected chi connectivity index (χ4v) is 1.28. The number of carbonyl (C=O) groups is 2. The van der Waals surface area contributed by atoms with Crippen molar-refractivity contribution < 1.29 is 14.7 Å². The minimum absolute atomic E-state index is 0.253. The lowest BCUT2D eigenvalue weighted by atomic mass is 10.1. The Bertz CT molecular complexity index is 419. The van der Waals surface area contributed by atoms with Crippen LogP contribution in [0.3, 0.4) is 0 Å². The summed E-state index contributed by atoms with van der Waals surface area (Å²) >= 11 is 5.73. The predicted molar refractivity (Wildman–Crippen MR) is 57.7 cm³/mol. The molecular formula is C11H9ClO3. The summed E-state index contributed by atoms with van der Waals surface area (Å²) in [6, 6.07) is 6.63. The highest BCUT2D eigenvalue weighted by Crippen LogP contribution is 2.14. The SMILES string of the molecule is CC(=O)/C(=C/c1cccc(Cl)c1)C(=O)O. The molecule has 0 fully saturated rings. The molecule has 1 rings (SSSR count). The van der Waals surface area contributed by atoms with Gasteiger partial charge in [0, 0.05) is 5.02 Å². The van der Waals surface area contributed by atoms with E-state index in [0.29, 0.717) is 10.6 Å². The number of carbonyl (C=O) groups excluding carboxylic acids is 1. The van der Waals surface area contributed by atoms with Gasteiger partial charge in [0.25, 0.3) is 0 Å². The van der Waals surface area contributed by atoms with Crippen molar-refractivity contribution in [2.45, 2.75) is 6.92 Å². The Balaban J connectivity index is 3.13. The van der Waals surface area contributed by atoms with Crippen LogP contribution in [-0.4, -0.2) is 16.9 Å². The highest BCUT2D eigenvalue weighted by molar-refractivity contribution is 6.30. The third-order valence-electron chi connectivity index (χ3n) is 1.77. The third kappa shape index (κ3) is 3.22. The van der Waals surface area contributed by atoms with E-state index in [1.807, 2.05) is 0 Å². The van der Waals surface area contributed by atoms with Gasteiger partial charge in [-0.2, -0.15) is 0 Å². The molecule has 1 aromatic carbocycles. The fraction of sp³-hybridized carbons (Fsp3) is 0.0909. The van der Waals surface area contributed by atoms with Crippen molar-refractivity contribution in [2.75, 3.05) is 0 Å². The Morgan fingerprint density at radius 2 is 2.07 bits per heavy atom. The smallest absolute Gasteiger partial charge is 0.339 e. The molecule has 1 N–H and O–H groups in total. The molecule has 0 spiro atoms. The standard InChI is InChI=1S/C11H9ClO3/c1-7(13)10(11(14)15)6-8-3-2-4-9(12)5-8/h2-6H,1H3,(H,14,15)/b10-6-. The maximum atomic E-state index is 11.0. The van der Waals surface area contributed by atoms with Crippen LogP contribution in [0.25, 0.3) is 6.08 Å². The molecule has 0 bridgehead atoms.